The monoisotopic (exact) mass is 274 g/mol. The van der Waals surface area contributed by atoms with Gasteiger partial charge >= 0.3 is 0 Å². The second-order valence-corrected chi connectivity index (χ2v) is 6.34. The standard InChI is InChI=1S/C14H18N4O2/c1-13-7-17(6-5-16)8-14(2,12(13)20)10-18(9-13)11(19)3-4-15/h3,6-10H2,1-2H3/t13-,14+. The minimum atomic E-state index is -0.646. The van der Waals surface area contributed by atoms with Crippen LogP contribution < -0.4 is 0 Å². The number of fused-ring (bicyclic) bond motifs is 2. The Labute approximate surface area is 118 Å². The summed E-state index contributed by atoms with van der Waals surface area (Å²) in [4.78, 5) is 28.2. The van der Waals surface area contributed by atoms with Gasteiger partial charge in [-0.1, -0.05) is 0 Å². The minimum Gasteiger partial charge on any atom is -0.340 e. The highest BCUT2D eigenvalue weighted by Crippen LogP contribution is 2.42. The lowest BCUT2D eigenvalue weighted by atomic mass is 9.64. The molecule has 2 heterocycles. The van der Waals surface area contributed by atoms with Crippen LogP contribution in [0.3, 0.4) is 0 Å². The van der Waals surface area contributed by atoms with Crippen molar-refractivity contribution in [3.8, 4) is 12.1 Å². The van der Waals surface area contributed by atoms with Gasteiger partial charge in [-0.2, -0.15) is 10.5 Å². The molecule has 0 N–H and O–H groups in total. The third-order valence-corrected chi connectivity index (χ3v) is 4.20. The molecule has 0 spiro atoms. The highest BCUT2D eigenvalue weighted by molar-refractivity contribution is 5.94. The zero-order chi connectivity index (χ0) is 15.0. The van der Waals surface area contributed by atoms with Crippen molar-refractivity contribution >= 4 is 11.7 Å². The van der Waals surface area contributed by atoms with E-state index in [0.717, 1.165) is 0 Å². The Morgan fingerprint density at radius 2 is 1.70 bits per heavy atom. The number of nitriles is 2. The molecule has 2 aliphatic rings. The fourth-order valence-electron chi connectivity index (χ4n) is 3.62. The Morgan fingerprint density at radius 1 is 1.15 bits per heavy atom. The molecule has 6 nitrogen and oxygen atoms in total. The van der Waals surface area contributed by atoms with E-state index in [1.807, 2.05) is 24.8 Å². The van der Waals surface area contributed by atoms with Gasteiger partial charge in [0.1, 0.15) is 6.42 Å². The average Bonchev–Trinajstić information content (AvgIpc) is 2.34. The van der Waals surface area contributed by atoms with E-state index >= 15 is 0 Å². The maximum atomic E-state index is 12.6. The van der Waals surface area contributed by atoms with Crippen LogP contribution in [-0.2, 0) is 9.59 Å². The molecule has 0 radical (unpaired) electrons. The predicted octanol–water partition coefficient (Wildman–Crippen LogP) is 0.163. The summed E-state index contributed by atoms with van der Waals surface area (Å²) in [6.07, 6.45) is -0.151. The van der Waals surface area contributed by atoms with E-state index in [4.69, 9.17) is 10.5 Å². The van der Waals surface area contributed by atoms with Crippen LogP contribution in [0, 0.1) is 33.5 Å². The summed E-state index contributed by atoms with van der Waals surface area (Å²) in [5.74, 6) is -0.0496. The van der Waals surface area contributed by atoms with E-state index in [2.05, 4.69) is 6.07 Å². The van der Waals surface area contributed by atoms with Crippen molar-refractivity contribution in [3.05, 3.63) is 0 Å². The lowest BCUT2D eigenvalue weighted by Gasteiger charge is -2.54. The summed E-state index contributed by atoms with van der Waals surface area (Å²) < 4.78 is 0. The Morgan fingerprint density at radius 3 is 2.15 bits per heavy atom. The Bertz CT molecular complexity index is 508. The number of rotatable bonds is 2. The Kier molecular flexibility index (Phi) is 3.54. The number of nitrogens with zero attached hydrogens (tertiary/aromatic N) is 4. The maximum absolute atomic E-state index is 12.6. The summed E-state index contributed by atoms with van der Waals surface area (Å²) in [7, 11) is 0. The predicted molar refractivity (Wildman–Crippen MR) is 70.1 cm³/mol. The van der Waals surface area contributed by atoms with Crippen molar-refractivity contribution in [1.29, 1.82) is 10.5 Å². The zero-order valence-corrected chi connectivity index (χ0v) is 11.8. The van der Waals surface area contributed by atoms with Crippen LogP contribution in [0.2, 0.25) is 0 Å². The highest BCUT2D eigenvalue weighted by atomic mass is 16.2. The summed E-state index contributed by atoms with van der Waals surface area (Å²) in [5, 5.41) is 17.5. The molecule has 0 aliphatic carbocycles. The molecule has 20 heavy (non-hydrogen) atoms. The molecule has 2 rings (SSSR count). The first-order chi connectivity index (χ1) is 9.34. The van der Waals surface area contributed by atoms with Crippen molar-refractivity contribution in [2.75, 3.05) is 32.7 Å². The van der Waals surface area contributed by atoms with E-state index < -0.39 is 10.8 Å². The fraction of sp³-hybridized carbons (Fsp3) is 0.714. The number of hydrogen-bond donors (Lipinski definition) is 0. The summed E-state index contributed by atoms with van der Waals surface area (Å²) in [6.45, 7) is 5.65. The van der Waals surface area contributed by atoms with Crippen LogP contribution >= 0.6 is 0 Å². The number of carbonyl (C=O) groups is 2. The van der Waals surface area contributed by atoms with Crippen LogP contribution in [0.5, 0.6) is 0 Å². The smallest absolute Gasteiger partial charge is 0.236 e. The summed E-state index contributed by atoms with van der Waals surface area (Å²) >= 11 is 0. The van der Waals surface area contributed by atoms with E-state index in [1.54, 1.807) is 4.90 Å². The molecule has 0 unspecified atom stereocenters. The molecule has 2 saturated heterocycles. The van der Waals surface area contributed by atoms with E-state index in [0.29, 0.717) is 32.7 Å². The quantitative estimate of drug-likeness (QED) is 0.669. The van der Waals surface area contributed by atoms with Gasteiger partial charge in [-0.15, -0.1) is 0 Å². The van der Waals surface area contributed by atoms with Crippen LogP contribution in [0.4, 0.5) is 0 Å². The minimum absolute atomic E-state index is 0.151. The summed E-state index contributed by atoms with van der Waals surface area (Å²) in [6, 6.07) is 3.99. The number of piperidine rings is 2. The number of Topliss-reactive ketones (excluding diaryl/α,β-unsaturated/α-hetero) is 1. The normalized spacial score (nSPS) is 33.4. The highest BCUT2D eigenvalue weighted by Gasteiger charge is 2.56. The van der Waals surface area contributed by atoms with Gasteiger partial charge in [0.05, 0.1) is 29.5 Å². The molecular formula is C14H18N4O2. The number of hydrogen-bond acceptors (Lipinski definition) is 5. The molecule has 0 aromatic heterocycles. The largest absolute Gasteiger partial charge is 0.340 e. The molecule has 0 aromatic rings. The van der Waals surface area contributed by atoms with Crippen LogP contribution in [0.15, 0.2) is 0 Å². The molecule has 0 aromatic carbocycles. The van der Waals surface area contributed by atoms with E-state index in [9.17, 15) is 9.59 Å². The fourth-order valence-corrected chi connectivity index (χ4v) is 3.62. The number of amides is 1. The zero-order valence-electron chi connectivity index (χ0n) is 11.8. The Balaban J connectivity index is 2.27. The molecular weight excluding hydrogens is 256 g/mol. The van der Waals surface area contributed by atoms with Crippen molar-refractivity contribution < 1.29 is 9.59 Å². The van der Waals surface area contributed by atoms with Crippen molar-refractivity contribution in [1.82, 2.24) is 9.80 Å². The maximum Gasteiger partial charge on any atom is 0.236 e. The van der Waals surface area contributed by atoms with Crippen molar-refractivity contribution in [3.63, 3.8) is 0 Å². The first-order valence-corrected chi connectivity index (χ1v) is 6.64. The van der Waals surface area contributed by atoms with Crippen molar-refractivity contribution in [2.24, 2.45) is 10.8 Å². The number of likely N-dealkylation sites (tertiary alicyclic amines) is 2. The van der Waals surface area contributed by atoms with Gasteiger partial charge in [-0.05, 0) is 13.8 Å². The van der Waals surface area contributed by atoms with E-state index in [1.165, 1.54) is 0 Å². The molecule has 2 bridgehead atoms. The molecule has 2 fully saturated rings. The van der Waals surface area contributed by atoms with E-state index in [-0.39, 0.29) is 18.1 Å². The third kappa shape index (κ3) is 2.28. The topological polar surface area (TPSA) is 88.2 Å². The lowest BCUT2D eigenvalue weighted by molar-refractivity contribution is -0.162. The molecule has 0 saturated carbocycles. The van der Waals surface area contributed by atoms with Crippen LogP contribution in [0.25, 0.3) is 0 Å². The van der Waals surface area contributed by atoms with Crippen LogP contribution in [-0.4, -0.2) is 54.2 Å². The summed E-state index contributed by atoms with van der Waals surface area (Å²) in [5.41, 5.74) is -1.29. The van der Waals surface area contributed by atoms with Gasteiger partial charge in [0.25, 0.3) is 0 Å². The Hall–Kier alpha value is -1.92. The van der Waals surface area contributed by atoms with Gasteiger partial charge in [-0.25, -0.2) is 0 Å². The third-order valence-electron chi connectivity index (χ3n) is 4.20. The average molecular weight is 274 g/mol. The van der Waals surface area contributed by atoms with Gasteiger partial charge in [0.2, 0.25) is 5.91 Å². The lowest BCUT2D eigenvalue weighted by Crippen LogP contribution is -2.68. The van der Waals surface area contributed by atoms with Gasteiger partial charge < -0.3 is 4.90 Å². The molecule has 2 atom stereocenters. The second-order valence-electron chi connectivity index (χ2n) is 6.34. The van der Waals surface area contributed by atoms with Gasteiger partial charge in [-0.3, -0.25) is 14.5 Å². The van der Waals surface area contributed by atoms with Crippen molar-refractivity contribution in [2.45, 2.75) is 20.3 Å². The molecule has 1 amide bonds. The first-order valence-electron chi connectivity index (χ1n) is 6.64. The van der Waals surface area contributed by atoms with Gasteiger partial charge in [0.15, 0.2) is 5.78 Å². The first kappa shape index (κ1) is 14.5. The SMILES string of the molecule is C[C@]12CN(CC#N)C[C@](C)(CN(C(=O)CC#N)C1)C2=O. The number of carbonyl (C=O) groups excluding carboxylic acids is 2. The second kappa shape index (κ2) is 4.88. The number of ketones is 1. The van der Waals surface area contributed by atoms with Crippen LogP contribution in [0.1, 0.15) is 20.3 Å². The molecule has 106 valence electrons. The molecule has 6 heteroatoms. The van der Waals surface area contributed by atoms with Gasteiger partial charge in [0, 0.05) is 26.2 Å². The molecule has 2 aliphatic heterocycles.